The Hall–Kier alpha value is -1.58. The summed E-state index contributed by atoms with van der Waals surface area (Å²) < 4.78 is 23.7. The molecule has 0 aromatic rings. The predicted octanol–water partition coefficient (Wildman–Crippen LogP) is 1.47. The highest BCUT2D eigenvalue weighted by Crippen LogP contribution is 2.31. The van der Waals surface area contributed by atoms with E-state index in [0.717, 1.165) is 14.2 Å². The third kappa shape index (κ3) is 2.68. The molecule has 0 saturated heterocycles. The molecule has 0 bridgehead atoms. The minimum Gasteiger partial charge on any atom is -0.468 e. The molecule has 0 fully saturated rings. The molecule has 0 amide bonds. The van der Waals surface area contributed by atoms with Crippen molar-refractivity contribution in [3.05, 3.63) is 25.3 Å². The normalized spacial score (nSPS) is 12.1. The second kappa shape index (κ2) is 6.01. The van der Waals surface area contributed by atoms with Gasteiger partial charge >= 0.3 is 11.9 Å². The van der Waals surface area contributed by atoms with Crippen molar-refractivity contribution in [1.29, 1.82) is 0 Å². The molecular formula is C11H16O4. The highest BCUT2D eigenvalue weighted by atomic mass is 16.5. The van der Waals surface area contributed by atoms with Gasteiger partial charge < -0.3 is 9.47 Å². The molecule has 0 aliphatic rings. The van der Waals surface area contributed by atoms with Crippen LogP contribution in [0.2, 0.25) is 0 Å². The maximum Gasteiger partial charge on any atom is 0.323 e. The van der Waals surface area contributed by atoms with Gasteiger partial charge in [-0.15, -0.1) is 13.2 Å². The first-order valence-electron chi connectivity index (χ1n) is 5.25. The molecule has 0 aromatic heterocycles. The van der Waals surface area contributed by atoms with E-state index in [4.69, 9.17) is 2.74 Å². The van der Waals surface area contributed by atoms with E-state index in [1.807, 2.05) is 0 Å². The van der Waals surface area contributed by atoms with Crippen molar-refractivity contribution in [1.82, 2.24) is 0 Å². The minimum atomic E-state index is -1.73. The quantitative estimate of drug-likeness (QED) is 0.381. The van der Waals surface area contributed by atoms with Crippen molar-refractivity contribution in [2.45, 2.75) is 12.8 Å². The van der Waals surface area contributed by atoms with Gasteiger partial charge in [0.25, 0.3) is 0 Å². The van der Waals surface area contributed by atoms with Gasteiger partial charge in [-0.3, -0.25) is 9.59 Å². The first kappa shape index (κ1) is 9.96. The maximum atomic E-state index is 11.7. The fraction of sp³-hybridized carbons (Fsp3) is 0.455. The van der Waals surface area contributed by atoms with Crippen molar-refractivity contribution in [2.24, 2.45) is 5.41 Å². The summed E-state index contributed by atoms with van der Waals surface area (Å²) in [6, 6.07) is -0.246. The van der Waals surface area contributed by atoms with E-state index in [0.29, 0.717) is 0 Å². The Morgan fingerprint density at radius 1 is 1.20 bits per heavy atom. The van der Waals surface area contributed by atoms with Crippen LogP contribution in [0, 0.1) is 5.41 Å². The Balaban J connectivity index is 5.50. The lowest BCUT2D eigenvalue weighted by Gasteiger charge is -2.25. The number of allylic oxidation sites excluding steroid dienone is 2. The molecule has 0 heterocycles. The third-order valence-electron chi connectivity index (χ3n) is 2.01. The molecular weight excluding hydrogens is 196 g/mol. The summed E-state index contributed by atoms with van der Waals surface area (Å²) in [5.41, 5.74) is -1.73. The number of carbonyl (C=O) groups is 2. The fourth-order valence-electron chi connectivity index (χ4n) is 1.25. The molecule has 0 N–H and O–H groups in total. The Kier molecular flexibility index (Phi) is 3.99. The topological polar surface area (TPSA) is 52.6 Å². The Morgan fingerprint density at radius 2 is 1.53 bits per heavy atom. The standard InChI is InChI=1S/C11H16O4/c1-5-7-11(8-6-2,9(12)14-3)10(13)15-4/h5-6H,1-2,7-8H2,3-4H3/i5D,6D. The van der Waals surface area contributed by atoms with Gasteiger partial charge in [-0.05, 0) is 12.8 Å². The maximum absolute atomic E-state index is 11.7. The third-order valence-corrected chi connectivity index (χ3v) is 2.01. The van der Waals surface area contributed by atoms with Crippen LogP contribution in [-0.4, -0.2) is 26.2 Å². The molecule has 0 rings (SSSR count). The monoisotopic (exact) mass is 214 g/mol. The van der Waals surface area contributed by atoms with Crippen LogP contribution in [0.3, 0.4) is 0 Å². The summed E-state index contributed by atoms with van der Waals surface area (Å²) in [6.07, 6.45) is -0.519. The van der Waals surface area contributed by atoms with Crippen molar-refractivity contribution < 1.29 is 21.8 Å². The van der Waals surface area contributed by atoms with Gasteiger partial charge in [0.1, 0.15) is 0 Å². The van der Waals surface area contributed by atoms with Crippen molar-refractivity contribution in [2.75, 3.05) is 14.2 Å². The molecule has 0 atom stereocenters. The number of methoxy groups -OCH3 is 2. The molecule has 0 radical (unpaired) electrons. The second-order valence-corrected chi connectivity index (χ2v) is 2.92. The van der Waals surface area contributed by atoms with Gasteiger partial charge in [-0.2, -0.15) is 0 Å². The average molecular weight is 214 g/mol. The summed E-state index contributed by atoms with van der Waals surface area (Å²) in [7, 11) is 2.25. The Bertz CT molecular complexity index is 315. The predicted molar refractivity (Wildman–Crippen MR) is 56.1 cm³/mol. The zero-order valence-electron chi connectivity index (χ0n) is 11.0. The van der Waals surface area contributed by atoms with Crippen LogP contribution in [0.25, 0.3) is 0 Å². The molecule has 15 heavy (non-hydrogen) atoms. The number of rotatable bonds is 6. The van der Waals surface area contributed by atoms with Crippen LogP contribution >= 0.6 is 0 Å². The minimum absolute atomic E-state index is 0.123. The van der Waals surface area contributed by atoms with Crippen LogP contribution in [0.4, 0.5) is 0 Å². The number of hydrogen-bond acceptors (Lipinski definition) is 4. The first-order valence-corrected chi connectivity index (χ1v) is 4.25. The van der Waals surface area contributed by atoms with Crippen LogP contribution in [-0.2, 0) is 19.1 Å². The van der Waals surface area contributed by atoms with Crippen molar-refractivity contribution in [3.8, 4) is 0 Å². The number of carbonyl (C=O) groups excluding carboxylic acids is 2. The lowest BCUT2D eigenvalue weighted by Crippen LogP contribution is -2.40. The Morgan fingerprint density at radius 3 is 1.73 bits per heavy atom. The van der Waals surface area contributed by atoms with Gasteiger partial charge in [-0.1, -0.05) is 12.1 Å². The molecule has 4 heteroatoms. The first-order chi connectivity index (χ1) is 7.80. The molecule has 0 spiro atoms. The van der Waals surface area contributed by atoms with E-state index in [9.17, 15) is 9.59 Å². The summed E-state index contributed by atoms with van der Waals surface area (Å²) in [6.45, 7) is 6.68. The molecule has 0 aliphatic carbocycles. The van der Waals surface area contributed by atoms with E-state index < -0.39 is 17.4 Å². The summed E-state index contributed by atoms with van der Waals surface area (Å²) >= 11 is 0. The van der Waals surface area contributed by atoms with Crippen LogP contribution < -0.4 is 0 Å². The average Bonchev–Trinajstić information content (AvgIpc) is 2.24. The number of ether oxygens (including phenoxy) is 2. The summed E-state index contributed by atoms with van der Waals surface area (Å²) in [5.74, 6) is -1.71. The highest BCUT2D eigenvalue weighted by Gasteiger charge is 2.46. The molecule has 0 saturated carbocycles. The number of esters is 2. The smallest absolute Gasteiger partial charge is 0.323 e. The summed E-state index contributed by atoms with van der Waals surface area (Å²) in [5, 5.41) is 0. The van der Waals surface area contributed by atoms with E-state index >= 15 is 0 Å². The SMILES string of the molecule is [2H]C(=C)CC(CC([2H])=C)(C(=O)OC)C(=O)OC. The van der Waals surface area contributed by atoms with Crippen LogP contribution in [0.5, 0.6) is 0 Å². The molecule has 4 nitrogen and oxygen atoms in total. The van der Waals surface area contributed by atoms with E-state index in [1.165, 1.54) is 0 Å². The van der Waals surface area contributed by atoms with Crippen molar-refractivity contribution >= 4 is 11.9 Å². The molecule has 0 aliphatic heterocycles. The summed E-state index contributed by atoms with van der Waals surface area (Å²) in [4.78, 5) is 23.5. The molecule has 0 aromatic carbocycles. The van der Waals surface area contributed by atoms with E-state index in [-0.39, 0.29) is 24.9 Å². The van der Waals surface area contributed by atoms with Gasteiger partial charge in [-0.25, -0.2) is 0 Å². The fourth-order valence-corrected chi connectivity index (χ4v) is 1.25. The highest BCUT2D eigenvalue weighted by molar-refractivity contribution is 6.00. The lowest BCUT2D eigenvalue weighted by atomic mass is 9.81. The molecule has 0 unspecified atom stereocenters. The van der Waals surface area contributed by atoms with Crippen LogP contribution in [0.15, 0.2) is 25.3 Å². The van der Waals surface area contributed by atoms with Crippen molar-refractivity contribution in [3.63, 3.8) is 0 Å². The number of hydrogen-bond donors (Lipinski definition) is 0. The van der Waals surface area contributed by atoms with E-state index in [1.54, 1.807) is 0 Å². The van der Waals surface area contributed by atoms with Gasteiger partial charge in [0.2, 0.25) is 0 Å². The lowest BCUT2D eigenvalue weighted by molar-refractivity contribution is -0.168. The van der Waals surface area contributed by atoms with E-state index in [2.05, 4.69) is 22.6 Å². The zero-order chi connectivity index (χ0) is 13.6. The molecule has 84 valence electrons. The van der Waals surface area contributed by atoms with Crippen LogP contribution in [0.1, 0.15) is 15.6 Å². The second-order valence-electron chi connectivity index (χ2n) is 2.92. The Labute approximate surface area is 92.4 Å². The van der Waals surface area contributed by atoms with Gasteiger partial charge in [0.05, 0.1) is 17.0 Å². The van der Waals surface area contributed by atoms with Gasteiger partial charge in [0.15, 0.2) is 5.41 Å². The largest absolute Gasteiger partial charge is 0.468 e. The zero-order valence-corrected chi connectivity index (χ0v) is 8.96. The van der Waals surface area contributed by atoms with Gasteiger partial charge in [0, 0.05) is 0 Å².